The molecule has 15 heteroatoms. The van der Waals surface area contributed by atoms with E-state index in [1.165, 1.54) is 23.9 Å². The van der Waals surface area contributed by atoms with E-state index in [9.17, 15) is 39.0 Å². The van der Waals surface area contributed by atoms with Crippen LogP contribution in [0, 0.1) is 5.92 Å². The van der Waals surface area contributed by atoms with Crippen LogP contribution in [0.4, 0.5) is 0 Å². The van der Waals surface area contributed by atoms with Crippen LogP contribution < -0.4 is 79.4 Å². The number of fused-ring (bicyclic) bond motifs is 1. The number of benzene rings is 1. The van der Waals surface area contributed by atoms with Gasteiger partial charge in [0.05, 0.1) is 23.6 Å². The number of ether oxygens (including phenoxy) is 2. The summed E-state index contributed by atoms with van der Waals surface area (Å²) < 4.78 is 10.0. The summed E-state index contributed by atoms with van der Waals surface area (Å²) in [6.45, 7) is 1.30. The molecule has 1 aromatic carbocycles. The minimum Gasteiger partial charge on any atom is -0.549 e. The second kappa shape index (κ2) is 16.4. The fourth-order valence-electron chi connectivity index (χ4n) is 3.77. The second-order valence-corrected chi connectivity index (χ2v) is 9.31. The maximum atomic E-state index is 12.6. The average molecular weight is 579 g/mol. The van der Waals surface area contributed by atoms with Crippen LogP contribution in [0.5, 0.6) is 5.75 Å². The molecule has 1 N–H and O–H groups in total. The number of carboxylic acids is 2. The minimum atomic E-state index is -1.63. The topological polar surface area (TPSA) is 182 Å². The minimum absolute atomic E-state index is 0. The van der Waals surface area contributed by atoms with Gasteiger partial charge in [0.2, 0.25) is 5.91 Å². The smallest absolute Gasteiger partial charge is 0.549 e. The van der Waals surface area contributed by atoms with Gasteiger partial charge in [-0.05, 0) is 25.0 Å². The summed E-state index contributed by atoms with van der Waals surface area (Å²) >= 11 is 1.20. The molecule has 0 spiro atoms. The SMILES string of the molecule is CCC(=O)OCC1=C(C(=O)[O-])N2C(=O)C(NC(=O)CCCC(C(=O)[O-])C(=O)Oc3ccccc3)[C@@H]2SC1.[Na+].[Na+]. The summed E-state index contributed by atoms with van der Waals surface area (Å²) in [5.41, 5.74) is -0.159. The predicted octanol–water partition coefficient (Wildman–Crippen LogP) is -7.51. The predicted molar refractivity (Wildman–Crippen MR) is 123 cm³/mol. The van der Waals surface area contributed by atoms with Crippen LogP contribution in [0.1, 0.15) is 32.6 Å². The van der Waals surface area contributed by atoms with Crippen LogP contribution in [0.25, 0.3) is 0 Å². The number of hydrogen-bond donors (Lipinski definition) is 1. The van der Waals surface area contributed by atoms with Crippen LogP contribution in [0.15, 0.2) is 41.6 Å². The molecule has 2 heterocycles. The molecule has 39 heavy (non-hydrogen) atoms. The van der Waals surface area contributed by atoms with Crippen molar-refractivity contribution in [3.05, 3.63) is 41.6 Å². The standard InChI is InChI=1S/C24H26N2O10S.2Na/c1-2-17(28)35-11-13-12-37-21-18(20(29)26(21)19(13)23(32)33)25-16(27)10-6-9-15(22(30)31)24(34)36-14-7-4-3-5-8-14;;/h3-5,7-8,15,18,21H,2,6,9-12H2,1H3,(H,25,27)(H,30,31)(H,32,33);;/q;2*+1/p-2/t15?,18?,21-;;/m0../s1. The summed E-state index contributed by atoms with van der Waals surface area (Å²) in [4.78, 5) is 72.7. The van der Waals surface area contributed by atoms with Crippen LogP contribution in [-0.4, -0.2) is 64.4 Å². The largest absolute Gasteiger partial charge is 1.00 e. The van der Waals surface area contributed by atoms with Gasteiger partial charge in [-0.1, -0.05) is 25.1 Å². The number of β-lactam (4-membered cyclic amide) rings is 1. The Kier molecular flexibility index (Phi) is 14.8. The van der Waals surface area contributed by atoms with Gasteiger partial charge >= 0.3 is 71.1 Å². The molecule has 3 rings (SSSR count). The van der Waals surface area contributed by atoms with Crippen LogP contribution in [0.3, 0.4) is 0 Å². The Bertz CT molecular complexity index is 1130. The average Bonchev–Trinajstić information content (AvgIpc) is 2.87. The molecular formula is C24H24N2Na2O10S. The molecule has 2 aliphatic heterocycles. The number of aliphatic carboxylic acids is 2. The van der Waals surface area contributed by atoms with Crippen molar-refractivity contribution in [3.8, 4) is 5.75 Å². The van der Waals surface area contributed by atoms with Crippen LogP contribution in [0.2, 0.25) is 0 Å². The molecule has 0 aromatic heterocycles. The van der Waals surface area contributed by atoms with Gasteiger partial charge in [-0.3, -0.25) is 24.1 Å². The van der Waals surface area contributed by atoms with Crippen LogP contribution >= 0.6 is 11.8 Å². The number of carbonyl (C=O) groups excluding carboxylic acids is 6. The van der Waals surface area contributed by atoms with Crippen molar-refractivity contribution < 1.29 is 108 Å². The molecule has 2 unspecified atom stereocenters. The zero-order valence-corrected chi connectivity index (χ0v) is 26.6. The first-order valence-corrected chi connectivity index (χ1v) is 12.5. The van der Waals surface area contributed by atoms with Gasteiger partial charge in [0.25, 0.3) is 5.91 Å². The first-order chi connectivity index (χ1) is 17.6. The number of para-hydroxylation sites is 1. The Morgan fingerprint density at radius 1 is 1.13 bits per heavy atom. The first-order valence-electron chi connectivity index (χ1n) is 11.4. The maximum absolute atomic E-state index is 12.6. The van der Waals surface area contributed by atoms with Crippen molar-refractivity contribution in [2.24, 2.45) is 5.92 Å². The fraction of sp³-hybridized carbons (Fsp3) is 0.417. The molecule has 198 valence electrons. The summed E-state index contributed by atoms with van der Waals surface area (Å²) in [6, 6.07) is 6.91. The Hall–Kier alpha value is -1.87. The Balaban J connectivity index is 0.00000380. The number of esters is 2. The van der Waals surface area contributed by atoms with Crippen molar-refractivity contribution >= 4 is 47.5 Å². The number of carboxylic acid groups (broad SMARTS) is 2. The van der Waals surface area contributed by atoms with E-state index in [4.69, 9.17) is 9.47 Å². The molecule has 0 aliphatic carbocycles. The zero-order valence-electron chi connectivity index (χ0n) is 21.8. The van der Waals surface area contributed by atoms with Crippen molar-refractivity contribution in [1.29, 1.82) is 0 Å². The normalized spacial score (nSPS) is 18.3. The Labute approximate surface area is 272 Å². The van der Waals surface area contributed by atoms with Crippen molar-refractivity contribution in [3.63, 3.8) is 0 Å². The van der Waals surface area contributed by atoms with Gasteiger partial charge < -0.3 is 34.6 Å². The van der Waals surface area contributed by atoms with E-state index in [2.05, 4.69) is 5.32 Å². The summed E-state index contributed by atoms with van der Waals surface area (Å²) in [5, 5.41) is 24.9. The summed E-state index contributed by atoms with van der Waals surface area (Å²) in [6.07, 6.45) is -0.307. The molecule has 0 radical (unpaired) electrons. The number of nitrogens with one attached hydrogen (secondary N) is 1. The molecule has 1 aromatic rings. The molecule has 12 nitrogen and oxygen atoms in total. The number of hydrogen-bond acceptors (Lipinski definition) is 11. The van der Waals surface area contributed by atoms with Gasteiger partial charge in [0.1, 0.15) is 23.8 Å². The van der Waals surface area contributed by atoms with E-state index in [1.54, 1.807) is 25.1 Å². The van der Waals surface area contributed by atoms with Crippen LogP contribution in [-0.2, 0) is 33.5 Å². The zero-order chi connectivity index (χ0) is 27.1. The second-order valence-electron chi connectivity index (χ2n) is 8.21. The van der Waals surface area contributed by atoms with Crippen molar-refractivity contribution in [2.75, 3.05) is 12.4 Å². The number of nitrogens with zero attached hydrogens (tertiary/aromatic N) is 1. The van der Waals surface area contributed by atoms with E-state index in [-0.39, 0.29) is 114 Å². The van der Waals surface area contributed by atoms with E-state index < -0.39 is 53.0 Å². The molecule has 3 atom stereocenters. The number of thioether (sulfide) groups is 1. The molecule has 1 fully saturated rings. The first kappa shape index (κ1) is 35.2. The van der Waals surface area contributed by atoms with Gasteiger partial charge in [0, 0.05) is 24.2 Å². The van der Waals surface area contributed by atoms with E-state index in [1.807, 2.05) is 0 Å². The molecule has 0 bridgehead atoms. The van der Waals surface area contributed by atoms with Gasteiger partial charge in [-0.15, -0.1) is 11.8 Å². The number of carbonyl (C=O) groups is 6. The van der Waals surface area contributed by atoms with E-state index in [0.29, 0.717) is 0 Å². The monoisotopic (exact) mass is 578 g/mol. The molecule has 2 amide bonds. The summed E-state index contributed by atoms with van der Waals surface area (Å²) in [7, 11) is 0. The fourth-order valence-corrected chi connectivity index (χ4v) is 5.10. The third-order valence-corrected chi connectivity index (χ3v) is 7.02. The van der Waals surface area contributed by atoms with Crippen molar-refractivity contribution in [1.82, 2.24) is 10.2 Å². The van der Waals surface area contributed by atoms with E-state index >= 15 is 0 Å². The quantitative estimate of drug-likeness (QED) is 0.0818. The van der Waals surface area contributed by atoms with Gasteiger partial charge in [0.15, 0.2) is 0 Å². The molecule has 1 saturated heterocycles. The number of rotatable bonds is 12. The maximum Gasteiger partial charge on any atom is 1.00 e. The summed E-state index contributed by atoms with van der Waals surface area (Å²) in [5.74, 6) is -7.27. The molecular weight excluding hydrogens is 554 g/mol. The Morgan fingerprint density at radius 2 is 1.79 bits per heavy atom. The third kappa shape index (κ3) is 9.07. The van der Waals surface area contributed by atoms with Gasteiger partial charge in [-0.25, -0.2) is 0 Å². The molecule has 2 aliphatic rings. The van der Waals surface area contributed by atoms with Crippen molar-refractivity contribution in [2.45, 2.75) is 44.0 Å². The van der Waals surface area contributed by atoms with Gasteiger partial charge in [-0.2, -0.15) is 0 Å². The Morgan fingerprint density at radius 3 is 2.38 bits per heavy atom. The molecule has 0 saturated carbocycles. The third-order valence-electron chi connectivity index (χ3n) is 5.68. The number of amides is 2. The van der Waals surface area contributed by atoms with E-state index in [0.717, 1.165) is 4.90 Å².